The van der Waals surface area contributed by atoms with Crippen molar-refractivity contribution in [1.82, 2.24) is 4.98 Å². The van der Waals surface area contributed by atoms with Crippen LogP contribution in [0.25, 0.3) is 0 Å². The van der Waals surface area contributed by atoms with Gasteiger partial charge < -0.3 is 0 Å². The van der Waals surface area contributed by atoms with E-state index in [0.29, 0.717) is 10.2 Å². The van der Waals surface area contributed by atoms with E-state index < -0.39 is 25.1 Å². The van der Waals surface area contributed by atoms with E-state index in [1.807, 2.05) is 0 Å². The first-order valence-corrected chi connectivity index (χ1v) is 8.83. The van der Waals surface area contributed by atoms with Crippen LogP contribution in [-0.4, -0.2) is 36.0 Å². The average molecular weight is 399 g/mol. The number of hydrogen-bond donors (Lipinski definition) is 0. The highest BCUT2D eigenvalue weighted by atomic mass is 79.9. The second kappa shape index (κ2) is 5.50. The summed E-state index contributed by atoms with van der Waals surface area (Å²) in [4.78, 5) is 27.4. The Morgan fingerprint density at radius 2 is 2.19 bits per heavy atom. The molecule has 1 fully saturated rings. The molecule has 1 aliphatic rings. The van der Waals surface area contributed by atoms with Crippen LogP contribution in [0.4, 0.5) is 11.5 Å². The molecule has 1 aromatic rings. The zero-order chi connectivity index (χ0) is 15.9. The summed E-state index contributed by atoms with van der Waals surface area (Å²) in [7, 11) is 1.32. The molecule has 21 heavy (non-hydrogen) atoms. The zero-order valence-corrected chi connectivity index (χ0v) is 13.8. The molecule has 0 N–H and O–H groups in total. The van der Waals surface area contributed by atoms with Crippen LogP contribution >= 0.6 is 26.6 Å². The number of amides is 1. The second-order valence-corrected chi connectivity index (χ2v) is 8.22. The summed E-state index contributed by atoms with van der Waals surface area (Å²) in [6, 6.07) is 1.23. The molecule has 0 aliphatic carbocycles. The van der Waals surface area contributed by atoms with Crippen LogP contribution in [0.2, 0.25) is 0 Å². The number of anilines is 1. The number of rotatable bonds is 3. The van der Waals surface area contributed by atoms with E-state index in [-0.39, 0.29) is 24.5 Å². The lowest BCUT2D eigenvalue weighted by molar-refractivity contribution is -0.384. The highest BCUT2D eigenvalue weighted by Gasteiger charge is 2.41. The van der Waals surface area contributed by atoms with Crippen LogP contribution in [0.3, 0.4) is 0 Å². The molecule has 1 saturated heterocycles. The number of carbonyl (C=O) groups is 1. The van der Waals surface area contributed by atoms with Gasteiger partial charge in [0.05, 0.1) is 10.6 Å². The summed E-state index contributed by atoms with van der Waals surface area (Å²) in [6.45, 7) is 1.35. The molecule has 1 aromatic heterocycles. The Hall–Kier alpha value is -1.26. The first-order valence-electron chi connectivity index (χ1n) is 5.66. The van der Waals surface area contributed by atoms with Crippen molar-refractivity contribution < 1.29 is 18.1 Å². The molecule has 0 aromatic carbocycles. The van der Waals surface area contributed by atoms with Gasteiger partial charge in [0.15, 0.2) is 0 Å². The molecule has 114 valence electrons. The van der Waals surface area contributed by atoms with Gasteiger partial charge in [-0.05, 0) is 22.9 Å². The van der Waals surface area contributed by atoms with Crippen LogP contribution < -0.4 is 4.90 Å². The summed E-state index contributed by atoms with van der Waals surface area (Å²) in [6.07, 6.45) is -0.320. The fourth-order valence-electron chi connectivity index (χ4n) is 1.96. The highest BCUT2D eigenvalue weighted by molar-refractivity contribution is 9.10. The molecule has 8 nitrogen and oxygen atoms in total. The van der Waals surface area contributed by atoms with E-state index in [9.17, 15) is 23.3 Å². The minimum Gasteiger partial charge on any atom is -0.290 e. The Labute approximate surface area is 132 Å². The summed E-state index contributed by atoms with van der Waals surface area (Å²) in [5.41, 5.74) is 0.0639. The summed E-state index contributed by atoms with van der Waals surface area (Å²) >= 11 is 3.13. The average Bonchev–Trinajstić information content (AvgIpc) is 2.74. The van der Waals surface area contributed by atoms with Gasteiger partial charge in [-0.1, -0.05) is 0 Å². The molecular formula is C10H9BrClN3O5S. The minimum absolute atomic E-state index is 0.173. The fraction of sp³-hybridized carbons (Fsp3) is 0.400. The molecular weight excluding hydrogens is 390 g/mol. The maximum absolute atomic E-state index is 11.9. The standard InChI is InChI=1S/C10H9BrClN3O5S/c1-5-7(11)3-8(15(17)18)10(13-5)14-4-6(2-9(14)16)21(12,19)20/h3,6H,2,4H2,1H3. The van der Waals surface area contributed by atoms with Gasteiger partial charge in [0.2, 0.25) is 20.8 Å². The molecule has 0 spiro atoms. The first-order chi connectivity index (χ1) is 9.61. The maximum Gasteiger partial charge on any atom is 0.313 e. The first kappa shape index (κ1) is 16.1. The van der Waals surface area contributed by atoms with Crippen molar-refractivity contribution in [1.29, 1.82) is 0 Å². The van der Waals surface area contributed by atoms with Gasteiger partial charge in [0.25, 0.3) is 0 Å². The van der Waals surface area contributed by atoms with E-state index in [0.717, 1.165) is 4.90 Å². The quantitative estimate of drug-likeness (QED) is 0.435. The Bertz CT molecular complexity index is 738. The van der Waals surface area contributed by atoms with Gasteiger partial charge in [-0.2, -0.15) is 0 Å². The largest absolute Gasteiger partial charge is 0.313 e. The molecule has 0 bridgehead atoms. The number of pyridine rings is 1. The normalized spacial score (nSPS) is 19.1. The molecule has 11 heteroatoms. The lowest BCUT2D eigenvalue weighted by Gasteiger charge is -2.16. The number of nitrogens with zero attached hydrogens (tertiary/aromatic N) is 3. The van der Waals surface area contributed by atoms with Crippen molar-refractivity contribution in [2.45, 2.75) is 18.6 Å². The summed E-state index contributed by atoms with van der Waals surface area (Å²) < 4.78 is 23.1. The van der Waals surface area contributed by atoms with Gasteiger partial charge in [0, 0.05) is 34.2 Å². The zero-order valence-electron chi connectivity index (χ0n) is 10.6. The van der Waals surface area contributed by atoms with Crippen molar-refractivity contribution in [3.05, 3.63) is 26.3 Å². The second-order valence-electron chi connectivity index (χ2n) is 4.46. The number of hydrogen-bond acceptors (Lipinski definition) is 6. The lowest BCUT2D eigenvalue weighted by atomic mass is 10.3. The SMILES string of the molecule is Cc1nc(N2CC(S(=O)(=O)Cl)CC2=O)c([N+](=O)[O-])cc1Br. The van der Waals surface area contributed by atoms with E-state index in [4.69, 9.17) is 10.7 Å². The van der Waals surface area contributed by atoms with Crippen molar-refractivity contribution in [2.75, 3.05) is 11.4 Å². The predicted molar refractivity (Wildman–Crippen MR) is 78.9 cm³/mol. The Morgan fingerprint density at radius 3 is 2.67 bits per heavy atom. The van der Waals surface area contributed by atoms with Crippen LogP contribution in [0.5, 0.6) is 0 Å². The number of aryl methyl sites for hydroxylation is 1. The third-order valence-electron chi connectivity index (χ3n) is 3.05. The van der Waals surface area contributed by atoms with Crippen molar-refractivity contribution in [3.8, 4) is 0 Å². The molecule has 2 rings (SSSR count). The van der Waals surface area contributed by atoms with Crippen LogP contribution in [0.1, 0.15) is 12.1 Å². The number of nitro groups is 1. The summed E-state index contributed by atoms with van der Waals surface area (Å²) in [5, 5.41) is 9.99. The summed E-state index contributed by atoms with van der Waals surface area (Å²) in [5.74, 6) is -0.741. The van der Waals surface area contributed by atoms with E-state index in [2.05, 4.69) is 20.9 Å². The number of carbonyl (C=O) groups excluding carboxylic acids is 1. The van der Waals surface area contributed by atoms with Crippen LogP contribution in [0, 0.1) is 17.0 Å². The van der Waals surface area contributed by atoms with Gasteiger partial charge in [-0.15, -0.1) is 0 Å². The Morgan fingerprint density at radius 1 is 1.57 bits per heavy atom. The fourth-order valence-corrected chi connectivity index (χ4v) is 3.29. The molecule has 0 saturated carbocycles. The van der Waals surface area contributed by atoms with E-state index in [1.54, 1.807) is 6.92 Å². The molecule has 2 heterocycles. The highest BCUT2D eigenvalue weighted by Crippen LogP contribution is 2.34. The number of aromatic nitrogens is 1. The predicted octanol–water partition coefficient (Wildman–Crippen LogP) is 1.73. The van der Waals surface area contributed by atoms with Crippen LogP contribution in [0.15, 0.2) is 10.5 Å². The number of halogens is 2. The maximum atomic E-state index is 11.9. The molecule has 0 radical (unpaired) electrons. The Balaban J connectivity index is 2.50. The molecule has 1 aliphatic heterocycles. The van der Waals surface area contributed by atoms with Gasteiger partial charge in [-0.25, -0.2) is 13.4 Å². The molecule has 1 atom stereocenters. The van der Waals surface area contributed by atoms with Gasteiger partial charge in [0.1, 0.15) is 5.25 Å². The van der Waals surface area contributed by atoms with E-state index >= 15 is 0 Å². The topological polar surface area (TPSA) is 110 Å². The van der Waals surface area contributed by atoms with Gasteiger partial charge in [-0.3, -0.25) is 19.8 Å². The van der Waals surface area contributed by atoms with E-state index in [1.165, 1.54) is 6.07 Å². The smallest absolute Gasteiger partial charge is 0.290 e. The van der Waals surface area contributed by atoms with Crippen molar-refractivity contribution in [3.63, 3.8) is 0 Å². The minimum atomic E-state index is -3.92. The van der Waals surface area contributed by atoms with Gasteiger partial charge >= 0.3 is 5.69 Å². The Kier molecular flexibility index (Phi) is 4.22. The van der Waals surface area contributed by atoms with Crippen molar-refractivity contribution >= 4 is 53.1 Å². The van der Waals surface area contributed by atoms with Crippen molar-refractivity contribution in [2.24, 2.45) is 0 Å². The molecule has 1 unspecified atom stereocenters. The van der Waals surface area contributed by atoms with Crippen LogP contribution in [-0.2, 0) is 13.8 Å². The molecule has 1 amide bonds. The lowest BCUT2D eigenvalue weighted by Crippen LogP contribution is -2.28. The third-order valence-corrected chi connectivity index (χ3v) is 5.72. The monoisotopic (exact) mass is 397 g/mol. The third kappa shape index (κ3) is 3.16.